The first-order valence-electron chi connectivity index (χ1n) is 7.16. The van der Waals surface area contributed by atoms with Crippen molar-refractivity contribution in [2.24, 2.45) is 0 Å². The molecule has 0 aliphatic rings. The van der Waals surface area contributed by atoms with E-state index in [0.29, 0.717) is 16.7 Å². The molecule has 5 nitrogen and oxygen atoms in total. The van der Waals surface area contributed by atoms with Crippen molar-refractivity contribution < 1.29 is 31.5 Å². The molecule has 10 heteroatoms. The Morgan fingerprint density at radius 1 is 1.15 bits per heavy atom. The van der Waals surface area contributed by atoms with Crippen molar-refractivity contribution in [1.82, 2.24) is 4.72 Å². The molecule has 0 radical (unpaired) electrons. The number of alkyl halides is 3. The molecule has 26 heavy (non-hydrogen) atoms. The fourth-order valence-electron chi connectivity index (χ4n) is 2.13. The number of rotatable bonds is 6. The Hall–Kier alpha value is -2.10. The van der Waals surface area contributed by atoms with Gasteiger partial charge in [0.15, 0.2) is 0 Å². The van der Waals surface area contributed by atoms with E-state index in [-0.39, 0.29) is 6.42 Å². The molecule has 2 aromatic rings. The maximum absolute atomic E-state index is 12.7. The Bertz CT molecular complexity index is 898. The van der Waals surface area contributed by atoms with Crippen LogP contribution in [0.15, 0.2) is 53.4 Å². The highest BCUT2D eigenvalue weighted by atomic mass is 35.5. The van der Waals surface area contributed by atoms with Crippen LogP contribution in [0, 0.1) is 0 Å². The van der Waals surface area contributed by atoms with Crippen LogP contribution in [-0.4, -0.2) is 25.5 Å². The normalized spacial score (nSPS) is 13.4. The Labute approximate surface area is 152 Å². The predicted molar refractivity (Wildman–Crippen MR) is 88.3 cm³/mol. The minimum Gasteiger partial charge on any atom is -0.480 e. The van der Waals surface area contributed by atoms with Gasteiger partial charge >= 0.3 is 12.1 Å². The van der Waals surface area contributed by atoms with Crippen molar-refractivity contribution >= 4 is 27.6 Å². The van der Waals surface area contributed by atoms with Gasteiger partial charge in [-0.25, -0.2) is 8.42 Å². The SMILES string of the molecule is O=C(O)[C@@H](Cc1ccc(Cl)cc1)NS(=O)(=O)c1cccc(C(F)(F)F)c1. The molecule has 0 fully saturated rings. The summed E-state index contributed by atoms with van der Waals surface area (Å²) >= 11 is 5.73. The quantitative estimate of drug-likeness (QED) is 0.769. The maximum Gasteiger partial charge on any atom is 0.416 e. The standard InChI is InChI=1S/C16H13ClF3NO4S/c17-12-6-4-10(5-7-12)8-14(15(22)23)21-26(24,25)13-3-1-2-11(9-13)16(18,19)20/h1-7,9,14,21H,8H2,(H,22,23)/t14-/m1/s1. The number of sulfonamides is 1. The number of hydrogen-bond acceptors (Lipinski definition) is 3. The number of nitrogens with one attached hydrogen (secondary N) is 1. The fraction of sp³-hybridized carbons (Fsp3) is 0.188. The lowest BCUT2D eigenvalue weighted by Crippen LogP contribution is -2.42. The summed E-state index contributed by atoms with van der Waals surface area (Å²) in [7, 11) is -4.47. The van der Waals surface area contributed by atoms with E-state index in [1.54, 1.807) is 0 Å². The van der Waals surface area contributed by atoms with Crippen LogP contribution >= 0.6 is 11.6 Å². The second-order valence-corrected chi connectivity index (χ2v) is 7.52. The molecule has 0 amide bonds. The smallest absolute Gasteiger partial charge is 0.416 e. The van der Waals surface area contributed by atoms with Gasteiger partial charge in [0.1, 0.15) is 6.04 Å². The summed E-state index contributed by atoms with van der Waals surface area (Å²) in [6.07, 6.45) is -4.92. The van der Waals surface area contributed by atoms with Crippen LogP contribution in [0.5, 0.6) is 0 Å². The molecule has 0 bridgehead atoms. The lowest BCUT2D eigenvalue weighted by molar-refractivity contribution is -0.139. The first-order valence-corrected chi connectivity index (χ1v) is 9.02. The number of carbonyl (C=O) groups is 1. The molecule has 2 N–H and O–H groups in total. The minimum atomic E-state index is -4.72. The van der Waals surface area contributed by atoms with Crippen molar-refractivity contribution in [2.45, 2.75) is 23.5 Å². The Balaban J connectivity index is 2.27. The molecule has 0 saturated carbocycles. The molecule has 0 unspecified atom stereocenters. The molecule has 2 aromatic carbocycles. The lowest BCUT2D eigenvalue weighted by Gasteiger charge is -2.16. The van der Waals surface area contributed by atoms with Crippen LogP contribution in [0.2, 0.25) is 5.02 Å². The average Bonchev–Trinajstić information content (AvgIpc) is 2.55. The number of halogens is 4. The van der Waals surface area contributed by atoms with Gasteiger partial charge in [-0.3, -0.25) is 4.79 Å². The molecule has 0 heterocycles. The Morgan fingerprint density at radius 3 is 2.31 bits per heavy atom. The van der Waals surface area contributed by atoms with E-state index in [1.165, 1.54) is 24.3 Å². The third kappa shape index (κ3) is 5.20. The molecule has 1 atom stereocenters. The van der Waals surface area contributed by atoms with Gasteiger partial charge in [0.2, 0.25) is 10.0 Å². The second kappa shape index (κ2) is 7.65. The van der Waals surface area contributed by atoms with E-state index >= 15 is 0 Å². The zero-order valence-electron chi connectivity index (χ0n) is 13.0. The minimum absolute atomic E-state index is 0.204. The fourth-order valence-corrected chi connectivity index (χ4v) is 3.49. The topological polar surface area (TPSA) is 83.5 Å². The van der Waals surface area contributed by atoms with Crippen molar-refractivity contribution in [3.05, 3.63) is 64.7 Å². The lowest BCUT2D eigenvalue weighted by atomic mass is 10.1. The molecule has 0 aliphatic carbocycles. The summed E-state index contributed by atoms with van der Waals surface area (Å²) in [6, 6.07) is 7.58. The number of carboxylic acids is 1. The molecule has 140 valence electrons. The number of benzene rings is 2. The third-order valence-electron chi connectivity index (χ3n) is 3.42. The highest BCUT2D eigenvalue weighted by molar-refractivity contribution is 7.89. The van der Waals surface area contributed by atoms with Crippen molar-refractivity contribution in [2.75, 3.05) is 0 Å². The summed E-state index contributed by atoms with van der Waals surface area (Å²) in [5, 5.41) is 9.67. The van der Waals surface area contributed by atoms with Gasteiger partial charge in [0, 0.05) is 5.02 Å². The van der Waals surface area contributed by atoms with Gasteiger partial charge in [-0.1, -0.05) is 29.8 Å². The number of hydrogen-bond donors (Lipinski definition) is 2. The average molecular weight is 408 g/mol. The summed E-state index contributed by atoms with van der Waals surface area (Å²) in [5.41, 5.74) is -0.654. The zero-order valence-corrected chi connectivity index (χ0v) is 14.6. The highest BCUT2D eigenvalue weighted by Gasteiger charge is 2.32. The van der Waals surface area contributed by atoms with Gasteiger partial charge in [-0.15, -0.1) is 0 Å². The summed E-state index contributed by atoms with van der Waals surface area (Å²) < 4.78 is 64.8. The molecule has 2 rings (SSSR count). The molecule has 0 aromatic heterocycles. The van der Waals surface area contributed by atoms with Crippen molar-refractivity contribution in [3.63, 3.8) is 0 Å². The van der Waals surface area contributed by atoms with Crippen LogP contribution in [0.25, 0.3) is 0 Å². The van der Waals surface area contributed by atoms with E-state index in [1.807, 2.05) is 4.72 Å². The van der Waals surface area contributed by atoms with Gasteiger partial charge in [0.05, 0.1) is 10.5 Å². The number of aliphatic carboxylic acids is 1. The zero-order chi connectivity index (χ0) is 19.5. The van der Waals surface area contributed by atoms with Crippen LogP contribution in [0.4, 0.5) is 13.2 Å². The molecule has 0 aliphatic heterocycles. The van der Waals surface area contributed by atoms with Crippen molar-refractivity contribution in [3.8, 4) is 0 Å². The van der Waals surface area contributed by atoms with Gasteiger partial charge < -0.3 is 5.11 Å². The largest absolute Gasteiger partial charge is 0.480 e. The van der Waals surface area contributed by atoms with Crippen molar-refractivity contribution in [1.29, 1.82) is 0 Å². The summed E-state index contributed by atoms with van der Waals surface area (Å²) in [4.78, 5) is 10.7. The van der Waals surface area contributed by atoms with E-state index in [9.17, 15) is 31.5 Å². The first kappa shape index (κ1) is 20.2. The molecule has 0 spiro atoms. The van der Waals surface area contributed by atoms with Gasteiger partial charge in [-0.05, 0) is 42.3 Å². The molecular formula is C16H13ClF3NO4S. The monoisotopic (exact) mass is 407 g/mol. The maximum atomic E-state index is 12.7. The van der Waals surface area contributed by atoms with E-state index in [0.717, 1.165) is 18.2 Å². The van der Waals surface area contributed by atoms with E-state index in [2.05, 4.69) is 0 Å². The van der Waals surface area contributed by atoms with Crippen LogP contribution in [-0.2, 0) is 27.4 Å². The first-order chi connectivity index (χ1) is 12.0. The van der Waals surface area contributed by atoms with Crippen LogP contribution in [0.3, 0.4) is 0 Å². The summed E-state index contributed by atoms with van der Waals surface area (Å²) in [5.74, 6) is -1.46. The van der Waals surface area contributed by atoms with E-state index < -0.39 is 38.7 Å². The summed E-state index contributed by atoms with van der Waals surface area (Å²) in [6.45, 7) is 0. The third-order valence-corrected chi connectivity index (χ3v) is 5.14. The molecule has 0 saturated heterocycles. The highest BCUT2D eigenvalue weighted by Crippen LogP contribution is 2.30. The second-order valence-electron chi connectivity index (χ2n) is 5.37. The predicted octanol–water partition coefficient (Wildman–Crippen LogP) is 3.33. The van der Waals surface area contributed by atoms with E-state index in [4.69, 9.17) is 11.6 Å². The molecular weight excluding hydrogens is 395 g/mol. The van der Waals surface area contributed by atoms with Gasteiger partial charge in [0.25, 0.3) is 0 Å². The van der Waals surface area contributed by atoms with Gasteiger partial charge in [-0.2, -0.15) is 17.9 Å². The van der Waals surface area contributed by atoms with Crippen LogP contribution < -0.4 is 4.72 Å². The Morgan fingerprint density at radius 2 is 1.77 bits per heavy atom. The van der Waals surface area contributed by atoms with Crippen LogP contribution in [0.1, 0.15) is 11.1 Å². The Kier molecular flexibility index (Phi) is 5.94. The number of carboxylic acid groups (broad SMARTS) is 1.